The summed E-state index contributed by atoms with van der Waals surface area (Å²) in [6.07, 6.45) is 0.559. The van der Waals surface area contributed by atoms with Crippen molar-refractivity contribution in [2.45, 2.75) is 18.5 Å². The Labute approximate surface area is 190 Å². The van der Waals surface area contributed by atoms with Crippen LogP contribution in [0.25, 0.3) is 11.1 Å². The van der Waals surface area contributed by atoms with Crippen LogP contribution in [-0.4, -0.2) is 40.4 Å². The van der Waals surface area contributed by atoms with Gasteiger partial charge in [0.1, 0.15) is 16.9 Å². The monoisotopic (exact) mass is 445 g/mol. The van der Waals surface area contributed by atoms with Gasteiger partial charge in [-0.3, -0.25) is 14.5 Å². The number of hydrogen-bond acceptors (Lipinski definition) is 5. The van der Waals surface area contributed by atoms with Crippen LogP contribution in [0.2, 0.25) is 0 Å². The largest absolute Gasteiger partial charge is 0.509 e. The van der Waals surface area contributed by atoms with E-state index in [1.165, 1.54) is 5.56 Å². The summed E-state index contributed by atoms with van der Waals surface area (Å²) < 4.78 is 0. The number of nitrogens with one attached hydrogen (secondary N) is 2. The lowest BCUT2D eigenvalue weighted by Gasteiger charge is -2.24. The summed E-state index contributed by atoms with van der Waals surface area (Å²) >= 11 is 1.62. The van der Waals surface area contributed by atoms with Gasteiger partial charge in [-0.05, 0) is 52.1 Å². The van der Waals surface area contributed by atoms with E-state index in [4.69, 9.17) is 0 Å². The van der Waals surface area contributed by atoms with Crippen molar-refractivity contribution < 1.29 is 14.7 Å². The van der Waals surface area contributed by atoms with Gasteiger partial charge in [0.2, 0.25) is 0 Å². The van der Waals surface area contributed by atoms with Gasteiger partial charge in [0, 0.05) is 25.3 Å². The molecular weight excluding hydrogens is 422 g/mol. The van der Waals surface area contributed by atoms with Crippen LogP contribution in [0.15, 0.2) is 82.8 Å². The van der Waals surface area contributed by atoms with E-state index in [-0.39, 0.29) is 11.3 Å². The van der Waals surface area contributed by atoms with Crippen LogP contribution in [0.1, 0.15) is 12.0 Å². The molecule has 1 atom stereocenters. The molecule has 1 saturated heterocycles. The molecule has 32 heavy (non-hydrogen) atoms. The Hall–Kier alpha value is -3.42. The van der Waals surface area contributed by atoms with Crippen LogP contribution in [0, 0.1) is 0 Å². The molecule has 2 aliphatic heterocycles. The van der Waals surface area contributed by atoms with Crippen molar-refractivity contribution in [2.24, 2.45) is 0 Å². The number of hydrogen-bond donors (Lipinski definition) is 3. The smallest absolute Gasteiger partial charge is 0.264 e. The highest BCUT2D eigenvalue weighted by Gasteiger charge is 2.51. The second kappa shape index (κ2) is 8.26. The second-order valence-electron chi connectivity index (χ2n) is 8.25. The van der Waals surface area contributed by atoms with Crippen LogP contribution >= 0.6 is 11.3 Å². The number of nitrogens with zero attached hydrogens (tertiary/aromatic N) is 1. The van der Waals surface area contributed by atoms with E-state index >= 15 is 0 Å². The zero-order valence-electron chi connectivity index (χ0n) is 17.4. The normalized spacial score (nSPS) is 20.7. The number of anilines is 1. The summed E-state index contributed by atoms with van der Waals surface area (Å²) in [5, 5.41) is 20.6. The standard InChI is InChI=1S/C25H23N3O3S/c29-22-21(23(30)26-20-8-6-18(7-9-20)19-10-13-32-15-19)24(31)27-25(22)11-12-28(16-25)14-17-4-2-1-3-5-17/h1-10,13,15,29H,11-12,14,16H2,(H,26,30)(H,27,31). The molecule has 5 rings (SSSR count). The van der Waals surface area contributed by atoms with Crippen molar-refractivity contribution in [2.75, 3.05) is 18.4 Å². The predicted octanol–water partition coefficient (Wildman–Crippen LogP) is 3.94. The molecule has 2 aliphatic rings. The fraction of sp³-hybridized carbons (Fsp3) is 0.200. The number of amides is 2. The van der Waals surface area contributed by atoms with E-state index in [9.17, 15) is 14.7 Å². The Morgan fingerprint density at radius 1 is 1.09 bits per heavy atom. The molecule has 0 radical (unpaired) electrons. The van der Waals surface area contributed by atoms with Crippen molar-refractivity contribution >= 4 is 28.8 Å². The molecule has 7 heteroatoms. The quantitative estimate of drug-likeness (QED) is 0.520. The fourth-order valence-electron chi connectivity index (χ4n) is 4.43. The Balaban J connectivity index is 1.30. The van der Waals surface area contributed by atoms with Crippen molar-refractivity contribution in [3.8, 4) is 11.1 Å². The highest BCUT2D eigenvalue weighted by atomic mass is 32.1. The molecule has 1 unspecified atom stereocenters. The highest BCUT2D eigenvalue weighted by Crippen LogP contribution is 2.35. The lowest BCUT2D eigenvalue weighted by atomic mass is 9.96. The van der Waals surface area contributed by atoms with Gasteiger partial charge in [0.15, 0.2) is 0 Å². The number of rotatable bonds is 5. The first-order valence-corrected chi connectivity index (χ1v) is 11.4. The third-order valence-electron chi connectivity index (χ3n) is 6.09. The van der Waals surface area contributed by atoms with Gasteiger partial charge in [-0.1, -0.05) is 42.5 Å². The Kier molecular flexibility index (Phi) is 5.28. The molecule has 3 heterocycles. The average molecular weight is 446 g/mol. The minimum atomic E-state index is -0.901. The maximum Gasteiger partial charge on any atom is 0.264 e. The number of aliphatic hydroxyl groups is 1. The molecule has 2 amide bonds. The van der Waals surface area contributed by atoms with Crippen LogP contribution in [-0.2, 0) is 16.1 Å². The maximum absolute atomic E-state index is 12.9. The van der Waals surface area contributed by atoms with E-state index in [1.54, 1.807) is 23.5 Å². The summed E-state index contributed by atoms with van der Waals surface area (Å²) in [6, 6.07) is 19.5. The lowest BCUT2D eigenvalue weighted by Crippen LogP contribution is -2.46. The minimum Gasteiger partial charge on any atom is -0.509 e. The Morgan fingerprint density at radius 3 is 2.59 bits per heavy atom. The fourth-order valence-corrected chi connectivity index (χ4v) is 5.09. The first kappa shape index (κ1) is 20.5. The summed E-state index contributed by atoms with van der Waals surface area (Å²) in [7, 11) is 0. The van der Waals surface area contributed by atoms with Gasteiger partial charge in [0.05, 0.1) is 0 Å². The molecule has 0 bridgehead atoms. The van der Waals surface area contributed by atoms with Gasteiger partial charge >= 0.3 is 0 Å². The molecule has 0 aliphatic carbocycles. The molecule has 3 aromatic rings. The number of thiophene rings is 1. The number of likely N-dealkylation sites (tertiary alicyclic amines) is 1. The molecule has 3 N–H and O–H groups in total. The van der Waals surface area contributed by atoms with E-state index < -0.39 is 17.4 Å². The predicted molar refractivity (Wildman–Crippen MR) is 125 cm³/mol. The molecule has 6 nitrogen and oxygen atoms in total. The maximum atomic E-state index is 12.9. The Bertz CT molecular complexity index is 1170. The summed E-state index contributed by atoms with van der Waals surface area (Å²) in [6.45, 7) is 1.91. The molecular formula is C25H23N3O3S. The number of aliphatic hydroxyl groups excluding tert-OH is 1. The molecule has 2 aromatic carbocycles. The average Bonchev–Trinajstić information content (AvgIpc) is 3.51. The minimum absolute atomic E-state index is 0.162. The zero-order valence-corrected chi connectivity index (χ0v) is 18.2. The van der Waals surface area contributed by atoms with Crippen molar-refractivity contribution in [1.29, 1.82) is 0 Å². The summed E-state index contributed by atoms with van der Waals surface area (Å²) in [5.41, 5.74) is 2.80. The third-order valence-corrected chi connectivity index (χ3v) is 6.77. The van der Waals surface area contributed by atoms with Gasteiger partial charge in [-0.15, -0.1) is 0 Å². The first-order valence-electron chi connectivity index (χ1n) is 10.5. The van der Waals surface area contributed by atoms with Gasteiger partial charge in [-0.2, -0.15) is 11.3 Å². The van der Waals surface area contributed by atoms with E-state index in [2.05, 4.69) is 33.0 Å². The number of carbonyl (C=O) groups excluding carboxylic acids is 2. The van der Waals surface area contributed by atoms with Crippen molar-refractivity contribution in [3.63, 3.8) is 0 Å². The van der Waals surface area contributed by atoms with Crippen LogP contribution in [0.3, 0.4) is 0 Å². The zero-order chi connectivity index (χ0) is 22.1. The topological polar surface area (TPSA) is 81.7 Å². The van der Waals surface area contributed by atoms with E-state index in [1.807, 2.05) is 41.8 Å². The number of benzene rings is 2. The molecule has 0 saturated carbocycles. The van der Waals surface area contributed by atoms with E-state index in [0.717, 1.165) is 24.2 Å². The Morgan fingerprint density at radius 2 is 1.88 bits per heavy atom. The van der Waals surface area contributed by atoms with Gasteiger partial charge < -0.3 is 15.7 Å². The lowest BCUT2D eigenvalue weighted by molar-refractivity contribution is -0.121. The first-order chi connectivity index (χ1) is 15.5. The molecule has 1 spiro atoms. The highest BCUT2D eigenvalue weighted by molar-refractivity contribution is 7.08. The summed E-state index contributed by atoms with van der Waals surface area (Å²) in [5.74, 6) is -1.29. The second-order valence-corrected chi connectivity index (χ2v) is 9.03. The van der Waals surface area contributed by atoms with Gasteiger partial charge in [-0.25, -0.2) is 0 Å². The van der Waals surface area contributed by atoms with Crippen LogP contribution in [0.5, 0.6) is 0 Å². The van der Waals surface area contributed by atoms with Crippen molar-refractivity contribution in [3.05, 3.63) is 88.3 Å². The molecule has 1 aromatic heterocycles. The SMILES string of the molecule is O=C(Nc1ccc(-c2ccsc2)cc1)C1=C(O)C2(CCN(Cc3ccccc3)C2)NC1=O. The molecule has 1 fully saturated rings. The summed E-state index contributed by atoms with van der Waals surface area (Å²) in [4.78, 5) is 27.7. The van der Waals surface area contributed by atoms with Gasteiger partial charge in [0.25, 0.3) is 11.8 Å². The van der Waals surface area contributed by atoms with Crippen LogP contribution in [0.4, 0.5) is 5.69 Å². The van der Waals surface area contributed by atoms with Crippen molar-refractivity contribution in [1.82, 2.24) is 10.2 Å². The molecule has 162 valence electrons. The third kappa shape index (κ3) is 3.81. The van der Waals surface area contributed by atoms with Crippen LogP contribution < -0.4 is 10.6 Å². The number of carbonyl (C=O) groups is 2. The van der Waals surface area contributed by atoms with E-state index in [0.29, 0.717) is 18.7 Å².